The predicted molar refractivity (Wildman–Crippen MR) is 241 cm³/mol. The minimum Gasteiger partial charge on any atom is -0.496 e. The van der Waals surface area contributed by atoms with Gasteiger partial charge >= 0.3 is 0 Å². The molecule has 1 N–H and O–H groups in total. The molecular formula is C49H50O11S2. The molecule has 0 spiro atoms. The number of carbonyl (C=O) groups excluding carboxylic acids is 1. The number of rotatable bonds is 14. The Morgan fingerprint density at radius 1 is 0.484 bits per heavy atom. The molecule has 0 fully saturated rings. The van der Waals surface area contributed by atoms with E-state index in [-0.39, 0.29) is 33.1 Å². The zero-order valence-corrected chi connectivity index (χ0v) is 38.3. The van der Waals surface area contributed by atoms with Crippen LogP contribution in [-0.4, -0.2) is 48.5 Å². The van der Waals surface area contributed by atoms with Crippen molar-refractivity contribution < 1.29 is 49.3 Å². The van der Waals surface area contributed by atoms with Gasteiger partial charge in [-0.05, 0) is 207 Å². The summed E-state index contributed by atoms with van der Waals surface area (Å²) in [5.41, 5.74) is 10.8. The Balaban J connectivity index is 1.33. The van der Waals surface area contributed by atoms with Crippen molar-refractivity contribution in [3.63, 3.8) is 0 Å². The summed E-state index contributed by atoms with van der Waals surface area (Å²) >= 11 is 0. The Kier molecular flexibility index (Phi) is 13.1. The van der Waals surface area contributed by atoms with Gasteiger partial charge in [-0.25, -0.2) is 0 Å². The van der Waals surface area contributed by atoms with Gasteiger partial charge in [0.2, 0.25) is 0 Å². The van der Waals surface area contributed by atoms with Crippen LogP contribution in [0.25, 0.3) is 22.3 Å². The van der Waals surface area contributed by atoms with Crippen LogP contribution in [-0.2, 0) is 30.2 Å². The zero-order chi connectivity index (χ0) is 45.4. The molecule has 0 unspecified atom stereocenters. The largest absolute Gasteiger partial charge is 0.496 e. The van der Waals surface area contributed by atoms with E-state index in [1.165, 1.54) is 30.3 Å². The van der Waals surface area contributed by atoms with Gasteiger partial charge in [0.25, 0.3) is 20.2 Å². The minimum absolute atomic E-state index is 0.0154. The quantitative estimate of drug-likeness (QED) is 0.0632. The Morgan fingerprint density at radius 3 is 1.18 bits per heavy atom. The van der Waals surface area contributed by atoms with Crippen molar-refractivity contribution in [3.05, 3.63) is 146 Å². The van der Waals surface area contributed by atoms with Crippen molar-refractivity contribution >= 4 is 26.0 Å². The fourth-order valence-electron chi connectivity index (χ4n) is 7.97. The summed E-state index contributed by atoms with van der Waals surface area (Å²) in [6, 6.07) is 24.1. The number of hydrogen-bond acceptors (Lipinski definition) is 10. The number of methoxy groups -OCH3 is 2. The number of ether oxygens (including phenoxy) is 4. The summed E-state index contributed by atoms with van der Waals surface area (Å²) in [4.78, 5) is 13.7. The summed E-state index contributed by atoms with van der Waals surface area (Å²) in [5, 5.41) is 0. The van der Waals surface area contributed by atoms with Crippen LogP contribution in [0.5, 0.6) is 34.5 Å². The lowest BCUT2D eigenvalue weighted by atomic mass is 9.96. The van der Waals surface area contributed by atoms with E-state index >= 15 is 0 Å². The van der Waals surface area contributed by atoms with Gasteiger partial charge in [-0.3, -0.25) is 13.5 Å². The van der Waals surface area contributed by atoms with Gasteiger partial charge < -0.3 is 18.9 Å². The molecule has 324 valence electrons. The van der Waals surface area contributed by atoms with Crippen molar-refractivity contribution in [1.29, 1.82) is 0 Å². The van der Waals surface area contributed by atoms with E-state index in [1.807, 2.05) is 104 Å². The molecule has 6 rings (SSSR count). The molecule has 6 aromatic carbocycles. The van der Waals surface area contributed by atoms with Crippen LogP contribution in [0.3, 0.4) is 0 Å². The maximum atomic E-state index is 14.1. The smallest absolute Gasteiger partial charge is 0.300 e. The molecule has 0 radical (unpaired) electrons. The fraction of sp³-hybridized carbons (Fsp3) is 0.245. The lowest BCUT2D eigenvalue weighted by molar-refractivity contribution is 0.103. The first-order valence-electron chi connectivity index (χ1n) is 19.6. The zero-order valence-electron chi connectivity index (χ0n) is 36.6. The van der Waals surface area contributed by atoms with Crippen molar-refractivity contribution in [3.8, 4) is 56.8 Å². The third kappa shape index (κ3) is 9.56. The monoisotopic (exact) mass is 878 g/mol. The molecular weight excluding hydrogens is 829 g/mol. The molecule has 6 aromatic rings. The standard InChI is InChI=1S/C49H50O11S2/c1-27-16-37(17-28(2)46(27)56-9)39-20-31(5)48(32(6)21-39)59-42-14-12-35(24-41(42)26-61(51,52)53)45(50)36-13-15-43(44(25-36)62(54,55)58-11)60-49-33(7)22-40(23-34(49)8)38-18-29(3)47(57-10)30(4)19-38/h12-25H,26H2,1-11H3,(H,51,52,53). The van der Waals surface area contributed by atoms with Crippen LogP contribution < -0.4 is 18.9 Å². The van der Waals surface area contributed by atoms with Gasteiger partial charge in [-0.1, -0.05) is 0 Å². The van der Waals surface area contributed by atoms with Crippen molar-refractivity contribution in [2.75, 3.05) is 21.3 Å². The second-order valence-electron chi connectivity index (χ2n) is 15.5. The number of benzene rings is 6. The molecule has 0 aliphatic rings. The van der Waals surface area contributed by atoms with Gasteiger partial charge in [0.15, 0.2) is 5.78 Å². The SMILES string of the molecule is COc1c(C)cc(-c2cc(C)c(Oc3ccc(C(=O)c4ccc(Oc5c(C)cc(-c6cc(C)c(OC)c(C)c6)cc5C)c(S(=O)(=O)OC)c4)cc3CS(=O)(=O)O)c(C)c2)cc1C. The summed E-state index contributed by atoms with van der Waals surface area (Å²) in [5.74, 6) is 1.10. The summed E-state index contributed by atoms with van der Waals surface area (Å²) < 4.78 is 89.7. The van der Waals surface area contributed by atoms with Crippen LogP contribution >= 0.6 is 0 Å². The number of ketones is 1. The highest BCUT2D eigenvalue weighted by molar-refractivity contribution is 7.86. The van der Waals surface area contributed by atoms with Crippen LogP contribution in [0.15, 0.2) is 89.8 Å². The van der Waals surface area contributed by atoms with Crippen LogP contribution in [0.1, 0.15) is 66.0 Å². The van der Waals surface area contributed by atoms with Crippen molar-refractivity contribution in [2.24, 2.45) is 0 Å². The van der Waals surface area contributed by atoms with E-state index in [4.69, 9.17) is 23.1 Å². The molecule has 0 amide bonds. The van der Waals surface area contributed by atoms with Gasteiger partial charge in [0, 0.05) is 16.7 Å². The number of aryl methyl sites for hydroxylation is 8. The Labute approximate surface area is 364 Å². The third-order valence-electron chi connectivity index (χ3n) is 10.7. The molecule has 0 aromatic heterocycles. The lowest BCUT2D eigenvalue weighted by Crippen LogP contribution is -2.10. The molecule has 0 aliphatic heterocycles. The molecule has 11 nitrogen and oxygen atoms in total. The van der Waals surface area contributed by atoms with E-state index in [2.05, 4.69) is 0 Å². The van der Waals surface area contributed by atoms with E-state index in [9.17, 15) is 26.2 Å². The summed E-state index contributed by atoms with van der Waals surface area (Å²) in [6.45, 7) is 15.4. The molecule has 0 saturated carbocycles. The van der Waals surface area contributed by atoms with E-state index in [0.717, 1.165) is 91.4 Å². The molecule has 62 heavy (non-hydrogen) atoms. The molecule has 13 heteroatoms. The molecule has 0 saturated heterocycles. The van der Waals surface area contributed by atoms with Gasteiger partial charge in [0.05, 0.1) is 21.3 Å². The van der Waals surface area contributed by atoms with Crippen LogP contribution in [0.4, 0.5) is 0 Å². The maximum absolute atomic E-state index is 14.1. The highest BCUT2D eigenvalue weighted by Gasteiger charge is 2.25. The minimum atomic E-state index is -4.59. The normalized spacial score (nSPS) is 11.7. The second kappa shape index (κ2) is 17.8. The highest BCUT2D eigenvalue weighted by Crippen LogP contribution is 2.40. The highest BCUT2D eigenvalue weighted by atomic mass is 32.2. The molecule has 0 atom stereocenters. The number of carbonyl (C=O) groups is 1. The second-order valence-corrected chi connectivity index (χ2v) is 18.7. The van der Waals surface area contributed by atoms with Crippen LogP contribution in [0, 0.1) is 55.4 Å². The van der Waals surface area contributed by atoms with Gasteiger partial charge in [0.1, 0.15) is 45.1 Å². The molecule has 0 aliphatic carbocycles. The first-order chi connectivity index (χ1) is 29.1. The molecule has 0 bridgehead atoms. The van der Waals surface area contributed by atoms with Crippen LogP contribution in [0.2, 0.25) is 0 Å². The van der Waals surface area contributed by atoms with Crippen molar-refractivity contribution in [2.45, 2.75) is 66.0 Å². The Hall–Kier alpha value is -5.99. The van der Waals surface area contributed by atoms with Crippen molar-refractivity contribution in [1.82, 2.24) is 0 Å². The van der Waals surface area contributed by atoms with Gasteiger partial charge in [-0.2, -0.15) is 16.8 Å². The number of hydrogen-bond donors (Lipinski definition) is 1. The lowest BCUT2D eigenvalue weighted by Gasteiger charge is -2.18. The maximum Gasteiger partial charge on any atom is 0.300 e. The first-order valence-corrected chi connectivity index (χ1v) is 22.6. The van der Waals surface area contributed by atoms with E-state index in [1.54, 1.807) is 14.2 Å². The summed E-state index contributed by atoms with van der Waals surface area (Å²) in [7, 11) is -4.72. The average molecular weight is 879 g/mol. The Bertz CT molecular complexity index is 2890. The molecule has 0 heterocycles. The van der Waals surface area contributed by atoms with Gasteiger partial charge in [-0.15, -0.1) is 0 Å². The van der Waals surface area contributed by atoms with E-state index in [0.29, 0.717) is 11.5 Å². The predicted octanol–water partition coefficient (Wildman–Crippen LogP) is 11.0. The first kappa shape index (κ1) is 45.5. The third-order valence-corrected chi connectivity index (χ3v) is 12.7. The fourth-order valence-corrected chi connectivity index (χ4v) is 9.39. The Morgan fingerprint density at radius 2 is 0.823 bits per heavy atom. The topological polar surface area (TPSA) is 152 Å². The van der Waals surface area contributed by atoms with E-state index < -0.39 is 31.8 Å². The summed E-state index contributed by atoms with van der Waals surface area (Å²) in [6.07, 6.45) is 0. The average Bonchev–Trinajstić information content (AvgIpc) is 3.19.